The van der Waals surface area contributed by atoms with Crippen LogP contribution in [0, 0.1) is 6.92 Å². The molecule has 0 saturated heterocycles. The second-order valence-electron chi connectivity index (χ2n) is 4.87. The summed E-state index contributed by atoms with van der Waals surface area (Å²) >= 11 is 6.02. The van der Waals surface area contributed by atoms with Crippen LogP contribution in [0.4, 0.5) is 0 Å². The summed E-state index contributed by atoms with van der Waals surface area (Å²) in [6.45, 7) is 1.94. The lowest BCUT2D eigenvalue weighted by molar-refractivity contribution is 0.438. The minimum atomic E-state index is 0.583. The summed E-state index contributed by atoms with van der Waals surface area (Å²) in [6, 6.07) is 1.96. The number of fused-ring (bicyclic) bond motifs is 1. The number of aryl methyl sites for hydroxylation is 1. The maximum atomic E-state index is 6.02. The minimum Gasteiger partial charge on any atom is -0.330 e. The first kappa shape index (κ1) is 11.0. The minimum absolute atomic E-state index is 0.583. The molecule has 0 aromatic carbocycles. The summed E-state index contributed by atoms with van der Waals surface area (Å²) in [4.78, 5) is 12.1. The van der Waals surface area contributed by atoms with Crippen molar-refractivity contribution in [1.82, 2.24) is 15.0 Å². The van der Waals surface area contributed by atoms with E-state index in [0.29, 0.717) is 11.1 Å². The molecule has 0 amide bonds. The number of aromatic amines is 1. The Labute approximate surface area is 106 Å². The molecule has 1 saturated carbocycles. The third-order valence-electron chi connectivity index (χ3n) is 3.59. The van der Waals surface area contributed by atoms with Gasteiger partial charge in [0.2, 0.25) is 0 Å². The molecular weight excluding hydrogens is 234 g/mol. The van der Waals surface area contributed by atoms with Gasteiger partial charge in [0, 0.05) is 11.3 Å². The van der Waals surface area contributed by atoms with Crippen LogP contribution in [0.3, 0.4) is 0 Å². The lowest BCUT2D eigenvalue weighted by atomic mass is 9.86. The Kier molecular flexibility index (Phi) is 2.79. The molecule has 0 atom stereocenters. The van der Waals surface area contributed by atoms with Crippen LogP contribution in [0.5, 0.6) is 0 Å². The van der Waals surface area contributed by atoms with E-state index in [1.807, 2.05) is 13.0 Å². The van der Waals surface area contributed by atoms with Crippen molar-refractivity contribution < 1.29 is 0 Å². The number of hydrogen-bond donors (Lipinski definition) is 1. The smallest absolute Gasteiger partial charge is 0.142 e. The Morgan fingerprint density at radius 2 is 2.00 bits per heavy atom. The van der Waals surface area contributed by atoms with Crippen LogP contribution in [-0.4, -0.2) is 15.0 Å². The molecule has 1 aliphatic rings. The third-order valence-corrected chi connectivity index (χ3v) is 3.79. The maximum absolute atomic E-state index is 6.02. The number of rotatable bonds is 1. The van der Waals surface area contributed by atoms with Crippen molar-refractivity contribution in [3.05, 3.63) is 22.7 Å². The van der Waals surface area contributed by atoms with E-state index in [2.05, 4.69) is 15.0 Å². The van der Waals surface area contributed by atoms with Gasteiger partial charge in [-0.05, 0) is 25.8 Å². The van der Waals surface area contributed by atoms with Crippen molar-refractivity contribution in [3.63, 3.8) is 0 Å². The maximum Gasteiger partial charge on any atom is 0.142 e. The van der Waals surface area contributed by atoms with Crippen molar-refractivity contribution in [1.29, 1.82) is 0 Å². The molecule has 1 N–H and O–H groups in total. The first-order valence-electron chi connectivity index (χ1n) is 6.27. The highest BCUT2D eigenvalue weighted by Crippen LogP contribution is 2.35. The van der Waals surface area contributed by atoms with Crippen LogP contribution in [0.2, 0.25) is 5.15 Å². The lowest BCUT2D eigenvalue weighted by Crippen LogP contribution is -2.08. The molecule has 2 aromatic rings. The Bertz CT molecular complexity index is 541. The predicted octanol–water partition coefficient (Wildman–Crippen LogP) is 3.97. The fourth-order valence-corrected chi connectivity index (χ4v) is 3.00. The number of halogens is 1. The summed E-state index contributed by atoms with van der Waals surface area (Å²) < 4.78 is 0. The largest absolute Gasteiger partial charge is 0.330 e. The van der Waals surface area contributed by atoms with E-state index in [4.69, 9.17) is 11.6 Å². The zero-order valence-corrected chi connectivity index (χ0v) is 10.7. The van der Waals surface area contributed by atoms with E-state index in [1.165, 1.54) is 37.8 Å². The van der Waals surface area contributed by atoms with E-state index < -0.39 is 0 Å². The monoisotopic (exact) mass is 249 g/mol. The summed E-state index contributed by atoms with van der Waals surface area (Å²) in [7, 11) is 0. The average molecular weight is 250 g/mol. The summed E-state index contributed by atoms with van der Waals surface area (Å²) in [6.07, 6.45) is 6.47. The molecule has 3 rings (SSSR count). The summed E-state index contributed by atoms with van der Waals surface area (Å²) in [5.74, 6) is 1.41. The number of nitrogens with zero attached hydrogens (tertiary/aromatic N) is 2. The Balaban J connectivity index is 2.12. The topological polar surface area (TPSA) is 41.6 Å². The Hall–Kier alpha value is -1.09. The van der Waals surface area contributed by atoms with Crippen LogP contribution < -0.4 is 0 Å². The van der Waals surface area contributed by atoms with Gasteiger partial charge in [0.05, 0.1) is 5.69 Å². The van der Waals surface area contributed by atoms with Gasteiger partial charge in [-0.3, -0.25) is 0 Å². The Morgan fingerprint density at radius 1 is 1.24 bits per heavy atom. The normalized spacial score (nSPS) is 17.8. The molecule has 90 valence electrons. The van der Waals surface area contributed by atoms with Crippen molar-refractivity contribution in [2.75, 3.05) is 0 Å². The van der Waals surface area contributed by atoms with Crippen LogP contribution in [0.1, 0.15) is 49.5 Å². The molecule has 0 aliphatic heterocycles. The molecule has 3 nitrogen and oxygen atoms in total. The van der Waals surface area contributed by atoms with Gasteiger partial charge < -0.3 is 4.98 Å². The quantitative estimate of drug-likeness (QED) is 0.831. The lowest BCUT2D eigenvalue weighted by Gasteiger charge is -2.21. The predicted molar refractivity (Wildman–Crippen MR) is 69.5 cm³/mol. The van der Waals surface area contributed by atoms with E-state index in [1.54, 1.807) is 0 Å². The van der Waals surface area contributed by atoms with Gasteiger partial charge in [0.15, 0.2) is 0 Å². The van der Waals surface area contributed by atoms with Gasteiger partial charge in [-0.1, -0.05) is 30.9 Å². The van der Waals surface area contributed by atoms with Crippen LogP contribution in [-0.2, 0) is 0 Å². The highest BCUT2D eigenvalue weighted by Gasteiger charge is 2.20. The molecule has 17 heavy (non-hydrogen) atoms. The van der Waals surface area contributed by atoms with E-state index in [0.717, 1.165) is 16.9 Å². The van der Waals surface area contributed by atoms with Crippen LogP contribution in [0.15, 0.2) is 6.07 Å². The number of nitrogens with one attached hydrogen (secondary N) is 1. The molecule has 0 bridgehead atoms. The van der Waals surface area contributed by atoms with Crippen molar-refractivity contribution in [2.24, 2.45) is 0 Å². The average Bonchev–Trinajstić information content (AvgIpc) is 2.69. The summed E-state index contributed by atoms with van der Waals surface area (Å²) in [5.41, 5.74) is 2.07. The Morgan fingerprint density at radius 3 is 2.76 bits per heavy atom. The summed E-state index contributed by atoms with van der Waals surface area (Å²) in [5, 5.41) is 1.75. The molecule has 2 heterocycles. The molecule has 0 spiro atoms. The SMILES string of the molecule is Cc1nc(C2CCCCC2)c2cc(Cl)[nH]c2n1. The molecule has 4 heteroatoms. The van der Waals surface area contributed by atoms with Crippen molar-refractivity contribution in [2.45, 2.75) is 44.9 Å². The first-order chi connectivity index (χ1) is 8.24. The number of H-pyrrole nitrogens is 1. The molecule has 1 aliphatic carbocycles. The second kappa shape index (κ2) is 4.30. The van der Waals surface area contributed by atoms with Crippen molar-refractivity contribution in [3.8, 4) is 0 Å². The third kappa shape index (κ3) is 2.04. The molecule has 1 fully saturated rings. The van der Waals surface area contributed by atoms with Gasteiger partial charge in [-0.15, -0.1) is 0 Å². The molecule has 0 unspecified atom stereocenters. The van der Waals surface area contributed by atoms with Gasteiger partial charge in [-0.2, -0.15) is 0 Å². The van der Waals surface area contributed by atoms with Gasteiger partial charge in [0.25, 0.3) is 0 Å². The standard InChI is InChI=1S/C13H16ClN3/c1-8-15-12(9-5-3-2-4-6-9)10-7-11(14)17-13(10)16-8/h7,9H,2-6H2,1H3,(H,15,16,17). The number of hydrogen-bond acceptors (Lipinski definition) is 2. The molecular formula is C13H16ClN3. The number of aromatic nitrogens is 3. The first-order valence-corrected chi connectivity index (χ1v) is 6.64. The van der Waals surface area contributed by atoms with Gasteiger partial charge >= 0.3 is 0 Å². The van der Waals surface area contributed by atoms with Crippen LogP contribution >= 0.6 is 11.6 Å². The molecule has 0 radical (unpaired) electrons. The highest BCUT2D eigenvalue weighted by atomic mass is 35.5. The highest BCUT2D eigenvalue weighted by molar-refractivity contribution is 6.30. The van der Waals surface area contributed by atoms with Gasteiger partial charge in [-0.25, -0.2) is 9.97 Å². The zero-order chi connectivity index (χ0) is 11.8. The van der Waals surface area contributed by atoms with E-state index in [-0.39, 0.29) is 0 Å². The van der Waals surface area contributed by atoms with E-state index in [9.17, 15) is 0 Å². The van der Waals surface area contributed by atoms with Crippen molar-refractivity contribution >= 4 is 22.6 Å². The van der Waals surface area contributed by atoms with Crippen LogP contribution in [0.25, 0.3) is 11.0 Å². The van der Waals surface area contributed by atoms with E-state index >= 15 is 0 Å². The fourth-order valence-electron chi connectivity index (χ4n) is 2.80. The fraction of sp³-hybridized carbons (Fsp3) is 0.538. The van der Waals surface area contributed by atoms with Gasteiger partial charge in [0.1, 0.15) is 16.6 Å². The molecule has 2 aromatic heterocycles. The zero-order valence-electron chi connectivity index (χ0n) is 9.96. The second-order valence-corrected chi connectivity index (χ2v) is 5.28.